The van der Waals surface area contributed by atoms with Crippen molar-refractivity contribution in [1.29, 1.82) is 0 Å². The molecule has 1 N–H and O–H groups in total. The number of esters is 1. The van der Waals surface area contributed by atoms with E-state index in [4.69, 9.17) is 4.74 Å². The smallest absolute Gasteiger partial charge is 0.350 e. The summed E-state index contributed by atoms with van der Waals surface area (Å²) in [6.07, 6.45) is 2.26. The second kappa shape index (κ2) is 7.80. The standard InChI is InChI=1S/C19H22N2O3S/c1-13-3-5-14(6-4-13)11-21(15-7-8-15)12-17(22)20-16-9-10-25-18(16)19(23)24-2/h3-6,9-10,15H,7-8,11-12H2,1-2H3,(H,20,22). The minimum Gasteiger partial charge on any atom is -0.465 e. The summed E-state index contributed by atoms with van der Waals surface area (Å²) in [7, 11) is 1.34. The number of carbonyl (C=O) groups is 2. The summed E-state index contributed by atoms with van der Waals surface area (Å²) in [5.41, 5.74) is 2.95. The van der Waals surface area contributed by atoms with Crippen LogP contribution in [-0.4, -0.2) is 36.5 Å². The van der Waals surface area contributed by atoms with Crippen LogP contribution in [0.2, 0.25) is 0 Å². The number of nitrogens with one attached hydrogen (secondary N) is 1. The van der Waals surface area contributed by atoms with Crippen LogP contribution in [0.4, 0.5) is 5.69 Å². The Morgan fingerprint density at radius 3 is 2.60 bits per heavy atom. The number of carbonyl (C=O) groups excluding carboxylic acids is 2. The summed E-state index contributed by atoms with van der Waals surface area (Å²) >= 11 is 1.26. The zero-order chi connectivity index (χ0) is 17.8. The monoisotopic (exact) mass is 358 g/mol. The van der Waals surface area contributed by atoms with Gasteiger partial charge in [0.1, 0.15) is 4.88 Å². The van der Waals surface area contributed by atoms with Crippen LogP contribution in [0.5, 0.6) is 0 Å². The number of methoxy groups -OCH3 is 1. The highest BCUT2D eigenvalue weighted by molar-refractivity contribution is 7.12. The number of benzene rings is 1. The lowest BCUT2D eigenvalue weighted by Gasteiger charge is -2.21. The van der Waals surface area contributed by atoms with Gasteiger partial charge in [-0.2, -0.15) is 0 Å². The van der Waals surface area contributed by atoms with Crippen LogP contribution in [-0.2, 0) is 16.1 Å². The number of nitrogens with zero attached hydrogens (tertiary/aromatic N) is 1. The Bertz CT molecular complexity index is 750. The van der Waals surface area contributed by atoms with Gasteiger partial charge in [0.2, 0.25) is 5.91 Å². The Hall–Kier alpha value is -2.18. The predicted octanol–water partition coefficient (Wildman–Crippen LogP) is 3.45. The van der Waals surface area contributed by atoms with Gasteiger partial charge in [-0.25, -0.2) is 4.79 Å². The van der Waals surface area contributed by atoms with E-state index in [2.05, 4.69) is 41.4 Å². The van der Waals surface area contributed by atoms with E-state index in [1.54, 1.807) is 11.4 Å². The largest absolute Gasteiger partial charge is 0.465 e. The lowest BCUT2D eigenvalue weighted by Crippen LogP contribution is -2.34. The van der Waals surface area contributed by atoms with Crippen LogP contribution in [0.15, 0.2) is 35.7 Å². The van der Waals surface area contributed by atoms with Crippen molar-refractivity contribution in [2.24, 2.45) is 0 Å². The molecule has 1 saturated carbocycles. The first-order valence-corrected chi connectivity index (χ1v) is 9.20. The van der Waals surface area contributed by atoms with Crippen LogP contribution < -0.4 is 5.32 Å². The molecule has 0 spiro atoms. The summed E-state index contributed by atoms with van der Waals surface area (Å²) in [5, 5.41) is 4.61. The summed E-state index contributed by atoms with van der Waals surface area (Å²) in [6, 6.07) is 10.6. The zero-order valence-corrected chi connectivity index (χ0v) is 15.3. The van der Waals surface area contributed by atoms with Crippen molar-refractivity contribution < 1.29 is 14.3 Å². The van der Waals surface area contributed by atoms with Gasteiger partial charge in [-0.15, -0.1) is 11.3 Å². The molecule has 1 heterocycles. The molecule has 5 nitrogen and oxygen atoms in total. The van der Waals surface area contributed by atoms with Gasteiger partial charge < -0.3 is 10.1 Å². The molecule has 1 aliphatic rings. The number of anilines is 1. The predicted molar refractivity (Wildman–Crippen MR) is 98.9 cm³/mol. The molecule has 6 heteroatoms. The average molecular weight is 358 g/mol. The minimum absolute atomic E-state index is 0.109. The van der Waals surface area contributed by atoms with Crippen molar-refractivity contribution in [3.63, 3.8) is 0 Å². The lowest BCUT2D eigenvalue weighted by atomic mass is 10.1. The highest BCUT2D eigenvalue weighted by Gasteiger charge is 2.30. The van der Waals surface area contributed by atoms with Gasteiger partial charge in [-0.3, -0.25) is 9.69 Å². The molecule has 0 saturated heterocycles. The highest BCUT2D eigenvalue weighted by Crippen LogP contribution is 2.29. The number of hydrogen-bond donors (Lipinski definition) is 1. The fourth-order valence-electron chi connectivity index (χ4n) is 2.71. The van der Waals surface area contributed by atoms with E-state index >= 15 is 0 Å². The van der Waals surface area contributed by atoms with E-state index in [1.165, 1.54) is 29.6 Å². The summed E-state index contributed by atoms with van der Waals surface area (Å²) in [4.78, 5) is 26.8. The number of hydrogen-bond acceptors (Lipinski definition) is 5. The number of rotatable bonds is 7. The SMILES string of the molecule is COC(=O)c1sccc1NC(=O)CN(Cc1ccc(C)cc1)C1CC1. The highest BCUT2D eigenvalue weighted by atomic mass is 32.1. The van der Waals surface area contributed by atoms with Gasteiger partial charge in [-0.05, 0) is 36.8 Å². The normalized spacial score (nSPS) is 13.7. The fourth-order valence-corrected chi connectivity index (χ4v) is 3.48. The summed E-state index contributed by atoms with van der Waals surface area (Å²) in [6.45, 7) is 3.14. The first kappa shape index (κ1) is 17.6. The molecular formula is C19H22N2O3S. The minimum atomic E-state index is -0.427. The van der Waals surface area contributed by atoms with E-state index in [1.807, 2.05) is 0 Å². The van der Waals surface area contributed by atoms with Crippen LogP contribution in [0.25, 0.3) is 0 Å². The molecule has 0 bridgehead atoms. The third-order valence-corrected chi connectivity index (χ3v) is 5.12. The lowest BCUT2D eigenvalue weighted by molar-refractivity contribution is -0.117. The number of amides is 1. The number of ether oxygens (including phenoxy) is 1. The van der Waals surface area contributed by atoms with Crippen molar-refractivity contribution in [2.75, 3.05) is 19.0 Å². The Kier molecular flexibility index (Phi) is 5.50. The second-order valence-electron chi connectivity index (χ2n) is 6.32. The molecule has 1 fully saturated rings. The number of aryl methyl sites for hydroxylation is 1. The van der Waals surface area contributed by atoms with Crippen molar-refractivity contribution in [1.82, 2.24) is 4.90 Å². The molecule has 0 atom stereocenters. The van der Waals surface area contributed by atoms with E-state index < -0.39 is 5.97 Å². The molecule has 0 unspecified atom stereocenters. The second-order valence-corrected chi connectivity index (χ2v) is 7.24. The third kappa shape index (κ3) is 4.67. The van der Waals surface area contributed by atoms with Crippen LogP contribution in [0.1, 0.15) is 33.6 Å². The first-order chi connectivity index (χ1) is 12.1. The van der Waals surface area contributed by atoms with E-state index in [0.29, 0.717) is 23.2 Å². The van der Waals surface area contributed by atoms with Gasteiger partial charge in [0.05, 0.1) is 19.3 Å². The quantitative estimate of drug-likeness (QED) is 0.770. The molecule has 0 aliphatic heterocycles. The zero-order valence-electron chi connectivity index (χ0n) is 14.5. The van der Waals surface area contributed by atoms with Crippen LogP contribution >= 0.6 is 11.3 Å². The molecule has 0 radical (unpaired) electrons. The Balaban J connectivity index is 1.62. The van der Waals surface area contributed by atoms with Gasteiger partial charge in [0.25, 0.3) is 0 Å². The van der Waals surface area contributed by atoms with Crippen molar-refractivity contribution in [3.8, 4) is 0 Å². The van der Waals surface area contributed by atoms with Gasteiger partial charge >= 0.3 is 5.97 Å². The van der Waals surface area contributed by atoms with E-state index in [-0.39, 0.29) is 5.91 Å². The molecule has 2 aromatic rings. The van der Waals surface area contributed by atoms with Gasteiger partial charge in [-0.1, -0.05) is 29.8 Å². The first-order valence-electron chi connectivity index (χ1n) is 8.32. The third-order valence-electron chi connectivity index (χ3n) is 4.23. The molecule has 1 aromatic heterocycles. The average Bonchev–Trinajstić information content (AvgIpc) is 3.35. The van der Waals surface area contributed by atoms with Crippen LogP contribution in [0, 0.1) is 6.92 Å². The topological polar surface area (TPSA) is 58.6 Å². The maximum absolute atomic E-state index is 12.5. The van der Waals surface area contributed by atoms with Crippen molar-refractivity contribution in [3.05, 3.63) is 51.7 Å². The Morgan fingerprint density at radius 2 is 1.96 bits per heavy atom. The Morgan fingerprint density at radius 1 is 1.24 bits per heavy atom. The molecule has 1 aliphatic carbocycles. The molecule has 3 rings (SSSR count). The maximum atomic E-state index is 12.5. The molecule has 132 valence electrons. The van der Waals surface area contributed by atoms with Crippen LogP contribution in [0.3, 0.4) is 0 Å². The Labute approximate surface area is 151 Å². The fraction of sp³-hybridized carbons (Fsp3) is 0.368. The van der Waals surface area contributed by atoms with Crippen molar-refractivity contribution >= 4 is 28.9 Å². The summed E-state index contributed by atoms with van der Waals surface area (Å²) < 4.78 is 4.74. The van der Waals surface area contributed by atoms with Gasteiger partial charge in [0.15, 0.2) is 0 Å². The molecule has 1 aromatic carbocycles. The molecular weight excluding hydrogens is 336 g/mol. The number of thiophene rings is 1. The summed E-state index contributed by atoms with van der Waals surface area (Å²) in [5.74, 6) is -0.536. The maximum Gasteiger partial charge on any atom is 0.350 e. The van der Waals surface area contributed by atoms with E-state index in [9.17, 15) is 9.59 Å². The van der Waals surface area contributed by atoms with Gasteiger partial charge in [0, 0.05) is 12.6 Å². The van der Waals surface area contributed by atoms with Crippen molar-refractivity contribution in [2.45, 2.75) is 32.4 Å². The molecule has 1 amide bonds. The molecule has 25 heavy (non-hydrogen) atoms. The van der Waals surface area contributed by atoms with E-state index in [0.717, 1.165) is 19.4 Å².